The largest absolute Gasteiger partial charge is 0.316 e. The van der Waals surface area contributed by atoms with Crippen LogP contribution < -0.4 is 5.32 Å². The van der Waals surface area contributed by atoms with Crippen molar-refractivity contribution < 1.29 is 0 Å². The van der Waals surface area contributed by atoms with Crippen molar-refractivity contribution in [3.05, 3.63) is 23.3 Å². The number of hydrogen-bond donors (Lipinski definition) is 1. The van der Waals surface area contributed by atoms with Crippen molar-refractivity contribution in [1.82, 2.24) is 5.32 Å². The molecule has 1 fully saturated rings. The van der Waals surface area contributed by atoms with Crippen LogP contribution >= 0.6 is 0 Å². The Kier molecular flexibility index (Phi) is 6.57. The van der Waals surface area contributed by atoms with E-state index < -0.39 is 0 Å². The van der Waals surface area contributed by atoms with Gasteiger partial charge in [0, 0.05) is 6.54 Å². The van der Waals surface area contributed by atoms with Gasteiger partial charge in [0.05, 0.1) is 0 Å². The van der Waals surface area contributed by atoms with Crippen LogP contribution in [-0.2, 0) is 0 Å². The minimum Gasteiger partial charge on any atom is -0.316 e. The van der Waals surface area contributed by atoms with Gasteiger partial charge in [0.15, 0.2) is 0 Å². The molecule has 1 heteroatoms. The molecule has 17 heavy (non-hydrogen) atoms. The summed E-state index contributed by atoms with van der Waals surface area (Å²) < 4.78 is 0. The summed E-state index contributed by atoms with van der Waals surface area (Å²) in [5.41, 5.74) is 3.15. The minimum atomic E-state index is 0.653. The lowest BCUT2D eigenvalue weighted by Gasteiger charge is -2.16. The van der Waals surface area contributed by atoms with Gasteiger partial charge < -0.3 is 5.32 Å². The third kappa shape index (κ3) is 5.54. The van der Waals surface area contributed by atoms with Gasteiger partial charge in [-0.25, -0.2) is 0 Å². The van der Waals surface area contributed by atoms with Crippen LogP contribution in [0.25, 0.3) is 0 Å². The second-order valence-electron chi connectivity index (χ2n) is 5.40. The fourth-order valence-corrected chi connectivity index (χ4v) is 2.21. The zero-order valence-corrected chi connectivity index (χ0v) is 12.1. The fraction of sp³-hybridized carbons (Fsp3) is 0.750. The molecule has 1 aliphatic rings. The molecule has 1 nitrogen and oxygen atoms in total. The summed E-state index contributed by atoms with van der Waals surface area (Å²) in [5, 5.41) is 3.44. The molecule has 0 bridgehead atoms. The summed E-state index contributed by atoms with van der Waals surface area (Å²) in [6.45, 7) is 11.1. The normalized spacial score (nSPS) is 19.5. The smallest absolute Gasteiger partial charge is 0.00142 e. The molecule has 0 radical (unpaired) electrons. The Morgan fingerprint density at radius 3 is 2.65 bits per heavy atom. The van der Waals surface area contributed by atoms with Crippen LogP contribution in [0.2, 0.25) is 0 Å². The zero-order valence-electron chi connectivity index (χ0n) is 12.1. The van der Waals surface area contributed by atoms with Crippen molar-refractivity contribution in [3.8, 4) is 0 Å². The van der Waals surface area contributed by atoms with Gasteiger partial charge in [-0.3, -0.25) is 0 Å². The molecule has 0 aromatic carbocycles. The highest BCUT2D eigenvalue weighted by Gasteiger charge is 2.21. The predicted octanol–water partition coefficient (Wildman–Crippen LogP) is 4.31. The van der Waals surface area contributed by atoms with E-state index in [0.29, 0.717) is 5.92 Å². The zero-order chi connectivity index (χ0) is 12.7. The Morgan fingerprint density at radius 1 is 1.41 bits per heavy atom. The highest BCUT2D eigenvalue weighted by Crippen LogP contribution is 2.35. The molecule has 1 N–H and O–H groups in total. The Morgan fingerprint density at radius 2 is 2.12 bits per heavy atom. The van der Waals surface area contributed by atoms with Gasteiger partial charge >= 0.3 is 0 Å². The van der Waals surface area contributed by atoms with E-state index in [1.807, 2.05) is 0 Å². The van der Waals surface area contributed by atoms with Gasteiger partial charge in [-0.2, -0.15) is 0 Å². The van der Waals surface area contributed by atoms with E-state index in [2.05, 4.69) is 45.2 Å². The summed E-state index contributed by atoms with van der Waals surface area (Å²) >= 11 is 0. The molecule has 1 aliphatic carbocycles. The van der Waals surface area contributed by atoms with Gasteiger partial charge in [-0.15, -0.1) is 0 Å². The molecule has 0 aromatic rings. The van der Waals surface area contributed by atoms with Gasteiger partial charge in [0.1, 0.15) is 0 Å². The van der Waals surface area contributed by atoms with E-state index in [9.17, 15) is 0 Å². The van der Waals surface area contributed by atoms with Crippen LogP contribution in [0.5, 0.6) is 0 Å². The maximum Gasteiger partial charge on any atom is 0.00142 e. The lowest BCUT2D eigenvalue weighted by molar-refractivity contribution is 0.579. The monoisotopic (exact) mass is 235 g/mol. The molecule has 1 saturated carbocycles. The van der Waals surface area contributed by atoms with Crippen LogP contribution in [0.1, 0.15) is 53.4 Å². The van der Waals surface area contributed by atoms with E-state index in [1.54, 1.807) is 11.1 Å². The van der Waals surface area contributed by atoms with Crippen LogP contribution in [0, 0.1) is 11.8 Å². The third-order valence-electron chi connectivity index (χ3n) is 3.83. The van der Waals surface area contributed by atoms with E-state index in [4.69, 9.17) is 0 Å². The number of allylic oxidation sites excluding steroid dienone is 3. The molecule has 0 saturated heterocycles. The maximum absolute atomic E-state index is 3.44. The molecule has 98 valence electrons. The molecule has 0 aliphatic heterocycles. The number of rotatable bonds is 8. The second-order valence-corrected chi connectivity index (χ2v) is 5.40. The molecule has 1 rings (SSSR count). The average Bonchev–Trinajstić information content (AvgIpc) is 3.14. The van der Waals surface area contributed by atoms with E-state index in [-0.39, 0.29) is 0 Å². The molecule has 0 unspecified atom stereocenters. The number of nitrogens with one attached hydrogen (secondary N) is 1. The highest BCUT2D eigenvalue weighted by molar-refractivity contribution is 5.26. The van der Waals surface area contributed by atoms with Crippen molar-refractivity contribution in [2.45, 2.75) is 53.4 Å². The summed E-state index contributed by atoms with van der Waals surface area (Å²) in [5.74, 6) is 1.69. The molecule has 0 aromatic heterocycles. The van der Waals surface area contributed by atoms with Crippen molar-refractivity contribution in [2.24, 2.45) is 11.8 Å². The Hall–Kier alpha value is -0.560. The second kappa shape index (κ2) is 7.71. The summed E-state index contributed by atoms with van der Waals surface area (Å²) in [7, 11) is 0. The summed E-state index contributed by atoms with van der Waals surface area (Å²) in [6.07, 6.45) is 10.1. The summed E-state index contributed by atoms with van der Waals surface area (Å²) in [4.78, 5) is 0. The standard InChI is InChI=1S/C16H29N/c1-5-7-16(11-10-15-8-9-15)14(4)13(3)12-17-6-2/h5,7,13,15,17H,6,8-12H2,1-4H3/b7-5-,16-14-/t13-/m1/s1. The van der Waals surface area contributed by atoms with Crippen molar-refractivity contribution in [1.29, 1.82) is 0 Å². The van der Waals surface area contributed by atoms with Gasteiger partial charge in [-0.05, 0) is 50.6 Å². The third-order valence-corrected chi connectivity index (χ3v) is 3.83. The van der Waals surface area contributed by atoms with E-state index in [1.165, 1.54) is 25.7 Å². The Balaban J connectivity index is 2.55. The number of hydrogen-bond acceptors (Lipinski definition) is 1. The predicted molar refractivity (Wildman–Crippen MR) is 77.2 cm³/mol. The molecule has 0 spiro atoms. The highest BCUT2D eigenvalue weighted by atomic mass is 14.8. The van der Waals surface area contributed by atoms with Gasteiger partial charge in [-0.1, -0.05) is 44.4 Å². The SMILES string of the molecule is C/C=C\C(CCC1CC1)=C(/C)[C@H](C)CNCC. The van der Waals surface area contributed by atoms with Crippen LogP contribution in [-0.4, -0.2) is 13.1 Å². The first-order chi connectivity index (χ1) is 8.19. The minimum absolute atomic E-state index is 0.653. The van der Waals surface area contributed by atoms with Crippen LogP contribution in [0.3, 0.4) is 0 Å². The molecular weight excluding hydrogens is 206 g/mol. The topological polar surface area (TPSA) is 12.0 Å². The first kappa shape index (κ1) is 14.5. The van der Waals surface area contributed by atoms with Crippen LogP contribution in [0.4, 0.5) is 0 Å². The lowest BCUT2D eigenvalue weighted by atomic mass is 9.93. The van der Waals surface area contributed by atoms with E-state index >= 15 is 0 Å². The molecular formula is C16H29N. The lowest BCUT2D eigenvalue weighted by Crippen LogP contribution is -2.21. The average molecular weight is 235 g/mol. The van der Waals surface area contributed by atoms with Crippen molar-refractivity contribution in [2.75, 3.05) is 13.1 Å². The Labute approximate surface area is 107 Å². The van der Waals surface area contributed by atoms with Crippen LogP contribution in [0.15, 0.2) is 23.3 Å². The fourth-order valence-electron chi connectivity index (χ4n) is 2.21. The van der Waals surface area contributed by atoms with Crippen molar-refractivity contribution >= 4 is 0 Å². The molecule has 0 heterocycles. The maximum atomic E-state index is 3.44. The Bertz CT molecular complexity index is 271. The molecule has 1 atom stereocenters. The summed E-state index contributed by atoms with van der Waals surface area (Å²) in [6, 6.07) is 0. The first-order valence-corrected chi connectivity index (χ1v) is 7.22. The molecule has 0 amide bonds. The van der Waals surface area contributed by atoms with Gasteiger partial charge in [0.25, 0.3) is 0 Å². The quantitative estimate of drug-likeness (QED) is 0.618. The first-order valence-electron chi connectivity index (χ1n) is 7.22. The van der Waals surface area contributed by atoms with Crippen molar-refractivity contribution in [3.63, 3.8) is 0 Å². The van der Waals surface area contributed by atoms with E-state index in [0.717, 1.165) is 19.0 Å². The van der Waals surface area contributed by atoms with Gasteiger partial charge in [0.2, 0.25) is 0 Å².